The van der Waals surface area contributed by atoms with E-state index < -0.39 is 5.41 Å². The van der Waals surface area contributed by atoms with Gasteiger partial charge in [0.05, 0.1) is 25.9 Å². The van der Waals surface area contributed by atoms with Crippen LogP contribution in [0.25, 0.3) is 0 Å². The highest BCUT2D eigenvalue weighted by atomic mass is 16.5. The Labute approximate surface area is 90.0 Å². The molecule has 0 saturated carbocycles. The second kappa shape index (κ2) is 7.21. The van der Waals surface area contributed by atoms with Crippen molar-refractivity contribution in [3.63, 3.8) is 0 Å². The van der Waals surface area contributed by atoms with Gasteiger partial charge in [-0.3, -0.25) is 4.79 Å². The van der Waals surface area contributed by atoms with E-state index in [1.54, 1.807) is 13.8 Å². The summed E-state index contributed by atoms with van der Waals surface area (Å²) in [7, 11) is 0. The minimum absolute atomic E-state index is 0.0290. The zero-order valence-corrected chi connectivity index (χ0v) is 9.25. The van der Waals surface area contributed by atoms with Gasteiger partial charge in [0.15, 0.2) is 0 Å². The molecular formula is C10H18N2O3. The number of aliphatic hydroxyl groups is 1. The van der Waals surface area contributed by atoms with Crippen molar-refractivity contribution in [2.75, 3.05) is 26.4 Å². The largest absolute Gasteiger partial charge is 0.394 e. The van der Waals surface area contributed by atoms with Crippen molar-refractivity contribution in [2.24, 2.45) is 5.41 Å². The molecule has 0 fully saturated rings. The van der Waals surface area contributed by atoms with Crippen LogP contribution in [0, 0.1) is 16.7 Å². The molecule has 1 unspecified atom stereocenters. The first-order chi connectivity index (χ1) is 7.10. The van der Waals surface area contributed by atoms with E-state index in [2.05, 4.69) is 5.32 Å². The van der Waals surface area contributed by atoms with E-state index in [-0.39, 0.29) is 19.1 Å². The van der Waals surface area contributed by atoms with Crippen molar-refractivity contribution in [3.8, 4) is 6.07 Å². The van der Waals surface area contributed by atoms with Crippen molar-refractivity contribution in [1.82, 2.24) is 5.32 Å². The summed E-state index contributed by atoms with van der Waals surface area (Å²) in [6, 6.07) is 1.99. The van der Waals surface area contributed by atoms with Crippen LogP contribution in [0.3, 0.4) is 0 Å². The average molecular weight is 214 g/mol. The minimum atomic E-state index is -0.961. The molecular weight excluding hydrogens is 196 g/mol. The number of ether oxygens (including phenoxy) is 1. The molecule has 0 spiro atoms. The summed E-state index contributed by atoms with van der Waals surface area (Å²) in [6.07, 6.45) is 0.479. The van der Waals surface area contributed by atoms with Gasteiger partial charge in [0.1, 0.15) is 5.41 Å². The molecule has 0 rings (SSSR count). The summed E-state index contributed by atoms with van der Waals surface area (Å²) in [4.78, 5) is 11.5. The maximum Gasteiger partial charge on any atom is 0.240 e. The first kappa shape index (κ1) is 13.9. The Morgan fingerprint density at radius 3 is 2.73 bits per heavy atom. The molecule has 15 heavy (non-hydrogen) atoms. The highest BCUT2D eigenvalue weighted by Crippen LogP contribution is 2.19. The molecule has 0 radical (unpaired) electrons. The predicted molar refractivity (Wildman–Crippen MR) is 54.9 cm³/mol. The lowest BCUT2D eigenvalue weighted by atomic mass is 9.88. The molecule has 0 aromatic rings. The number of carbonyl (C=O) groups excluding carboxylic acids is 1. The first-order valence-corrected chi connectivity index (χ1v) is 4.99. The molecule has 2 N–H and O–H groups in total. The fourth-order valence-electron chi connectivity index (χ4n) is 0.889. The summed E-state index contributed by atoms with van der Waals surface area (Å²) < 4.78 is 4.97. The second-order valence-corrected chi connectivity index (χ2v) is 3.39. The van der Waals surface area contributed by atoms with Gasteiger partial charge in [-0.05, 0) is 13.3 Å². The molecule has 0 aromatic heterocycles. The molecule has 0 aromatic carbocycles. The van der Waals surface area contributed by atoms with Crippen molar-refractivity contribution in [3.05, 3.63) is 0 Å². The summed E-state index contributed by atoms with van der Waals surface area (Å²) in [6.45, 7) is 4.34. The highest BCUT2D eigenvalue weighted by molar-refractivity contribution is 5.84. The molecule has 1 amide bonds. The lowest BCUT2D eigenvalue weighted by molar-refractivity contribution is -0.127. The van der Waals surface area contributed by atoms with Gasteiger partial charge in [-0.15, -0.1) is 0 Å². The van der Waals surface area contributed by atoms with Crippen LogP contribution in [0.2, 0.25) is 0 Å². The van der Waals surface area contributed by atoms with Gasteiger partial charge in [0.25, 0.3) is 0 Å². The van der Waals surface area contributed by atoms with Crippen LogP contribution in [0.5, 0.6) is 0 Å². The second-order valence-electron chi connectivity index (χ2n) is 3.39. The smallest absolute Gasteiger partial charge is 0.240 e. The van der Waals surface area contributed by atoms with Crippen molar-refractivity contribution in [2.45, 2.75) is 20.3 Å². The standard InChI is InChI=1S/C10H18N2O3/c1-3-10(2,8-11)9(14)12-4-6-15-7-5-13/h13H,3-7H2,1-2H3,(H,12,14). The molecule has 0 bridgehead atoms. The zero-order chi connectivity index (χ0) is 11.7. The molecule has 86 valence electrons. The molecule has 5 heteroatoms. The topological polar surface area (TPSA) is 82.4 Å². The van der Waals surface area contributed by atoms with Crippen LogP contribution in [0.4, 0.5) is 0 Å². The van der Waals surface area contributed by atoms with E-state index in [0.29, 0.717) is 19.6 Å². The summed E-state index contributed by atoms with van der Waals surface area (Å²) in [5.41, 5.74) is -0.961. The Morgan fingerprint density at radius 2 is 2.27 bits per heavy atom. The molecule has 0 aliphatic carbocycles. The van der Waals surface area contributed by atoms with Gasteiger partial charge in [-0.25, -0.2) is 0 Å². The monoisotopic (exact) mass is 214 g/mol. The number of nitrogens with zero attached hydrogens (tertiary/aromatic N) is 1. The van der Waals surface area contributed by atoms with Crippen LogP contribution in [-0.4, -0.2) is 37.4 Å². The average Bonchev–Trinajstić information content (AvgIpc) is 2.27. The summed E-state index contributed by atoms with van der Waals surface area (Å²) in [5.74, 6) is -0.278. The zero-order valence-electron chi connectivity index (χ0n) is 9.25. The van der Waals surface area contributed by atoms with E-state index in [4.69, 9.17) is 15.1 Å². The molecule has 5 nitrogen and oxygen atoms in total. The fourth-order valence-corrected chi connectivity index (χ4v) is 0.889. The fraction of sp³-hybridized carbons (Fsp3) is 0.800. The van der Waals surface area contributed by atoms with Crippen LogP contribution >= 0.6 is 0 Å². The Hall–Kier alpha value is -1.12. The van der Waals surface area contributed by atoms with Gasteiger partial charge in [0.2, 0.25) is 5.91 Å². The van der Waals surface area contributed by atoms with Gasteiger partial charge < -0.3 is 15.2 Å². The lowest BCUT2D eigenvalue weighted by Crippen LogP contribution is -2.39. The van der Waals surface area contributed by atoms with Gasteiger partial charge in [0, 0.05) is 6.54 Å². The van der Waals surface area contributed by atoms with E-state index in [1.165, 1.54) is 0 Å². The Bertz CT molecular complexity index is 237. The third kappa shape index (κ3) is 4.77. The third-order valence-electron chi connectivity index (χ3n) is 2.22. The van der Waals surface area contributed by atoms with Crippen LogP contribution in [0.15, 0.2) is 0 Å². The molecule has 0 saturated heterocycles. The third-order valence-corrected chi connectivity index (χ3v) is 2.22. The van der Waals surface area contributed by atoms with E-state index in [9.17, 15) is 4.79 Å². The number of hydrogen-bond donors (Lipinski definition) is 2. The Kier molecular flexibility index (Phi) is 6.67. The van der Waals surface area contributed by atoms with Crippen molar-refractivity contribution in [1.29, 1.82) is 5.26 Å². The van der Waals surface area contributed by atoms with E-state index >= 15 is 0 Å². The number of hydrogen-bond acceptors (Lipinski definition) is 4. The molecule has 1 atom stereocenters. The number of nitriles is 1. The first-order valence-electron chi connectivity index (χ1n) is 4.99. The number of rotatable bonds is 7. The SMILES string of the molecule is CCC(C)(C#N)C(=O)NCCOCCO. The Balaban J connectivity index is 3.79. The van der Waals surface area contributed by atoms with Crippen molar-refractivity contribution >= 4 is 5.91 Å². The minimum Gasteiger partial charge on any atom is -0.394 e. The van der Waals surface area contributed by atoms with E-state index in [0.717, 1.165) is 0 Å². The molecule has 0 heterocycles. The van der Waals surface area contributed by atoms with Crippen LogP contribution in [-0.2, 0) is 9.53 Å². The number of nitrogens with one attached hydrogen (secondary N) is 1. The quantitative estimate of drug-likeness (QED) is 0.587. The number of carbonyl (C=O) groups is 1. The van der Waals surface area contributed by atoms with Gasteiger partial charge in [-0.1, -0.05) is 6.92 Å². The maximum atomic E-state index is 11.5. The highest BCUT2D eigenvalue weighted by Gasteiger charge is 2.30. The normalized spacial score (nSPS) is 14.0. The van der Waals surface area contributed by atoms with Gasteiger partial charge in [-0.2, -0.15) is 5.26 Å². The van der Waals surface area contributed by atoms with E-state index in [1.807, 2.05) is 6.07 Å². The number of amides is 1. The Morgan fingerprint density at radius 1 is 1.60 bits per heavy atom. The lowest BCUT2D eigenvalue weighted by Gasteiger charge is -2.18. The van der Waals surface area contributed by atoms with Crippen LogP contribution < -0.4 is 5.32 Å². The summed E-state index contributed by atoms with van der Waals surface area (Å²) >= 11 is 0. The maximum absolute atomic E-state index is 11.5. The molecule has 0 aliphatic rings. The summed E-state index contributed by atoms with van der Waals surface area (Å²) in [5, 5.41) is 19.9. The molecule has 0 aliphatic heterocycles. The predicted octanol–water partition coefficient (Wildman–Crippen LogP) is 0.0514. The van der Waals surface area contributed by atoms with Gasteiger partial charge >= 0.3 is 0 Å². The van der Waals surface area contributed by atoms with Crippen LogP contribution in [0.1, 0.15) is 20.3 Å². The van der Waals surface area contributed by atoms with Crippen molar-refractivity contribution < 1.29 is 14.6 Å². The number of aliphatic hydroxyl groups excluding tert-OH is 1.